The Morgan fingerprint density at radius 1 is 1.37 bits per heavy atom. The van der Waals surface area contributed by atoms with E-state index >= 15 is 0 Å². The third-order valence-corrected chi connectivity index (χ3v) is 3.30. The van der Waals surface area contributed by atoms with Crippen molar-refractivity contribution in [3.8, 4) is 11.8 Å². The van der Waals surface area contributed by atoms with Gasteiger partial charge < -0.3 is 9.64 Å². The first-order valence-electron chi connectivity index (χ1n) is 6.17. The molecule has 0 aliphatic heterocycles. The average Bonchev–Trinajstić information content (AvgIpc) is 2.34. The van der Waals surface area contributed by atoms with E-state index in [-0.39, 0.29) is 18.7 Å². The number of anilines is 1. The molecule has 102 valence electrons. The van der Waals surface area contributed by atoms with Crippen molar-refractivity contribution in [3.63, 3.8) is 0 Å². The highest BCUT2D eigenvalue weighted by Gasteiger charge is 2.15. The molecule has 0 bridgehead atoms. The van der Waals surface area contributed by atoms with Crippen molar-refractivity contribution in [1.82, 2.24) is 0 Å². The lowest BCUT2D eigenvalue weighted by Gasteiger charge is -2.23. The molecule has 0 saturated heterocycles. The fourth-order valence-electron chi connectivity index (χ4n) is 2.24. The Bertz CT molecular complexity index is 530. The van der Waals surface area contributed by atoms with Crippen molar-refractivity contribution in [3.05, 3.63) is 22.8 Å². The summed E-state index contributed by atoms with van der Waals surface area (Å²) in [5.74, 6) is 0.813. The fraction of sp³-hybridized carbons (Fsp3) is 0.467. The quantitative estimate of drug-likeness (QED) is 0.816. The van der Waals surface area contributed by atoms with E-state index in [9.17, 15) is 4.79 Å². The molecule has 0 amide bonds. The first kappa shape index (κ1) is 15.0. The normalized spacial score (nSPS) is 9.89. The minimum absolute atomic E-state index is 0.0441. The zero-order chi connectivity index (χ0) is 14.6. The molecular formula is C15H20N2O2. The van der Waals surface area contributed by atoms with Crippen LogP contribution in [0.1, 0.15) is 23.1 Å². The van der Waals surface area contributed by atoms with Crippen molar-refractivity contribution < 1.29 is 9.53 Å². The number of likely N-dealkylation sites (N-methyl/N-ethyl adjacent to an activating group) is 1. The Labute approximate surface area is 114 Å². The van der Waals surface area contributed by atoms with Gasteiger partial charge in [-0.15, -0.1) is 0 Å². The first-order chi connectivity index (χ1) is 8.92. The van der Waals surface area contributed by atoms with E-state index in [2.05, 4.69) is 0 Å². The van der Waals surface area contributed by atoms with E-state index < -0.39 is 0 Å². The van der Waals surface area contributed by atoms with Crippen molar-refractivity contribution in [2.75, 3.05) is 25.6 Å². The minimum Gasteiger partial charge on any atom is -0.496 e. The Balaban J connectivity index is 3.08. The molecule has 0 saturated carbocycles. The molecule has 1 aromatic rings. The van der Waals surface area contributed by atoms with E-state index in [4.69, 9.17) is 10.00 Å². The van der Waals surface area contributed by atoms with E-state index in [1.807, 2.05) is 44.9 Å². The third kappa shape index (κ3) is 3.25. The molecular weight excluding hydrogens is 240 g/mol. The lowest BCUT2D eigenvalue weighted by molar-refractivity contribution is -0.116. The summed E-state index contributed by atoms with van der Waals surface area (Å²) in [5.41, 5.74) is 4.22. The maximum atomic E-state index is 11.5. The van der Waals surface area contributed by atoms with Crippen LogP contribution < -0.4 is 9.64 Å². The minimum atomic E-state index is -0.0736. The van der Waals surface area contributed by atoms with Crippen LogP contribution in [0.5, 0.6) is 5.75 Å². The predicted molar refractivity (Wildman–Crippen MR) is 75.7 cm³/mol. The largest absolute Gasteiger partial charge is 0.496 e. The summed E-state index contributed by atoms with van der Waals surface area (Å²) in [6, 6.07) is 3.90. The molecule has 0 aliphatic rings. The van der Waals surface area contributed by atoms with Crippen LogP contribution in [0.25, 0.3) is 0 Å². The summed E-state index contributed by atoms with van der Waals surface area (Å²) in [4.78, 5) is 13.4. The smallest absolute Gasteiger partial charge is 0.166 e. The molecule has 4 heteroatoms. The monoisotopic (exact) mass is 260 g/mol. The van der Waals surface area contributed by atoms with Crippen LogP contribution in [-0.2, 0) is 4.79 Å². The van der Waals surface area contributed by atoms with Crippen LogP contribution in [-0.4, -0.2) is 26.5 Å². The summed E-state index contributed by atoms with van der Waals surface area (Å²) in [6.45, 7) is 6.26. The Morgan fingerprint density at radius 2 is 2.00 bits per heavy atom. The lowest BCUT2D eigenvalue weighted by atomic mass is 10.0. The van der Waals surface area contributed by atoms with Crippen LogP contribution in [0.3, 0.4) is 0 Å². The molecule has 0 spiro atoms. The third-order valence-electron chi connectivity index (χ3n) is 3.30. The number of aryl methyl sites for hydroxylation is 1. The molecule has 0 fully saturated rings. The number of ether oxygens (including phenoxy) is 1. The van der Waals surface area contributed by atoms with Crippen molar-refractivity contribution in [2.45, 2.75) is 27.2 Å². The van der Waals surface area contributed by atoms with Crippen molar-refractivity contribution >= 4 is 11.5 Å². The molecule has 1 rings (SSSR count). The van der Waals surface area contributed by atoms with Crippen molar-refractivity contribution in [1.29, 1.82) is 5.26 Å². The second kappa shape index (κ2) is 6.24. The number of rotatable bonds is 5. The topological polar surface area (TPSA) is 53.3 Å². The summed E-state index contributed by atoms with van der Waals surface area (Å²) in [6.07, 6.45) is -0.0441. The van der Waals surface area contributed by atoms with Gasteiger partial charge in [-0.2, -0.15) is 5.26 Å². The summed E-state index contributed by atoms with van der Waals surface area (Å²) in [5, 5.41) is 8.53. The molecule has 0 aromatic heterocycles. The number of nitrogens with zero attached hydrogens (tertiary/aromatic N) is 2. The number of ketones is 1. The Morgan fingerprint density at radius 3 is 2.53 bits per heavy atom. The van der Waals surface area contributed by atoms with Gasteiger partial charge in [-0.1, -0.05) is 0 Å². The number of methoxy groups -OCH3 is 1. The second-order valence-corrected chi connectivity index (χ2v) is 4.73. The molecule has 0 heterocycles. The maximum absolute atomic E-state index is 11.5. The van der Waals surface area contributed by atoms with Gasteiger partial charge in [0, 0.05) is 12.7 Å². The van der Waals surface area contributed by atoms with Gasteiger partial charge in [0.2, 0.25) is 0 Å². The van der Waals surface area contributed by atoms with Gasteiger partial charge in [-0.3, -0.25) is 4.79 Å². The zero-order valence-corrected chi connectivity index (χ0v) is 12.2. The van der Waals surface area contributed by atoms with Gasteiger partial charge in [0.05, 0.1) is 26.1 Å². The predicted octanol–water partition coefficient (Wildman–Crippen LogP) is 2.54. The maximum Gasteiger partial charge on any atom is 0.166 e. The molecule has 1 aromatic carbocycles. The van der Waals surface area contributed by atoms with Crippen LogP contribution in [0.2, 0.25) is 0 Å². The Hall–Kier alpha value is -2.02. The Kier molecular flexibility index (Phi) is 4.94. The molecule has 0 N–H and O–H groups in total. The molecule has 0 unspecified atom stereocenters. The van der Waals surface area contributed by atoms with E-state index in [0.29, 0.717) is 0 Å². The van der Waals surface area contributed by atoms with Gasteiger partial charge in [0.15, 0.2) is 5.78 Å². The van der Waals surface area contributed by atoms with Gasteiger partial charge in [-0.05, 0) is 43.5 Å². The highest BCUT2D eigenvalue weighted by Crippen LogP contribution is 2.32. The van der Waals surface area contributed by atoms with E-state index in [1.165, 1.54) is 0 Å². The lowest BCUT2D eigenvalue weighted by Crippen LogP contribution is -2.26. The van der Waals surface area contributed by atoms with E-state index in [0.717, 1.165) is 28.1 Å². The molecule has 4 nitrogen and oxygen atoms in total. The number of carbonyl (C=O) groups excluding carboxylic acids is 1. The average molecular weight is 260 g/mol. The highest BCUT2D eigenvalue weighted by atomic mass is 16.5. The van der Waals surface area contributed by atoms with Crippen LogP contribution in [0.15, 0.2) is 6.07 Å². The number of benzene rings is 1. The highest BCUT2D eigenvalue weighted by molar-refractivity contribution is 5.85. The first-order valence-corrected chi connectivity index (χ1v) is 6.17. The molecule has 0 atom stereocenters. The number of Topliss-reactive ketones (excluding diaryl/α,β-unsaturated/α-hetero) is 1. The molecule has 0 radical (unpaired) electrons. The van der Waals surface area contributed by atoms with Gasteiger partial charge in [0.25, 0.3) is 0 Å². The number of hydrogen-bond acceptors (Lipinski definition) is 4. The van der Waals surface area contributed by atoms with Crippen LogP contribution in [0.4, 0.5) is 5.69 Å². The van der Waals surface area contributed by atoms with Gasteiger partial charge in [-0.25, -0.2) is 0 Å². The number of hydrogen-bond donors (Lipinski definition) is 0. The summed E-state index contributed by atoms with van der Waals surface area (Å²) in [7, 11) is 3.53. The van der Waals surface area contributed by atoms with Gasteiger partial charge >= 0.3 is 0 Å². The standard InChI is InChI=1S/C15H20N2O2/c1-10-8-14(11(2)12(3)15(10)19-5)17(4)9-13(18)6-7-16/h8H,6,9H2,1-5H3. The van der Waals surface area contributed by atoms with Crippen LogP contribution >= 0.6 is 0 Å². The van der Waals surface area contributed by atoms with Crippen LogP contribution in [0, 0.1) is 32.1 Å². The summed E-state index contributed by atoms with van der Waals surface area (Å²) >= 11 is 0. The van der Waals surface area contributed by atoms with E-state index in [1.54, 1.807) is 7.11 Å². The number of carbonyl (C=O) groups is 1. The summed E-state index contributed by atoms with van der Waals surface area (Å²) < 4.78 is 5.38. The molecule has 0 aliphatic carbocycles. The zero-order valence-electron chi connectivity index (χ0n) is 12.2. The van der Waals surface area contributed by atoms with Crippen molar-refractivity contribution in [2.24, 2.45) is 0 Å². The van der Waals surface area contributed by atoms with Gasteiger partial charge in [0.1, 0.15) is 5.75 Å². The SMILES string of the molecule is COc1c(C)cc(N(C)CC(=O)CC#N)c(C)c1C. The number of nitriles is 1. The molecule has 19 heavy (non-hydrogen) atoms. The second-order valence-electron chi connectivity index (χ2n) is 4.73. The fourth-order valence-corrected chi connectivity index (χ4v) is 2.24.